The molecule has 1 aliphatic rings. The van der Waals surface area contributed by atoms with E-state index in [0.29, 0.717) is 5.69 Å². The average Bonchev–Trinajstić information content (AvgIpc) is 2.97. The Bertz CT molecular complexity index is 941. The Hall–Kier alpha value is -3.48. The average molecular weight is 394 g/mol. The number of nitrogens with zero attached hydrogens (tertiary/aromatic N) is 1. The Labute approximate surface area is 168 Å². The molecule has 2 aromatic carbocycles. The fraction of sp³-hybridized carbons (Fsp3) is 0.273. The molecule has 0 radical (unpaired) electrons. The first-order valence-electron chi connectivity index (χ1n) is 9.42. The van der Waals surface area contributed by atoms with Gasteiger partial charge in [-0.05, 0) is 31.0 Å². The molecule has 0 bridgehead atoms. The van der Waals surface area contributed by atoms with Crippen molar-refractivity contribution in [1.29, 1.82) is 0 Å². The molecule has 0 saturated carbocycles. The third-order valence-electron chi connectivity index (χ3n) is 4.76. The van der Waals surface area contributed by atoms with Crippen LogP contribution in [0.25, 0.3) is 0 Å². The highest BCUT2D eigenvalue weighted by Gasteiger charge is 2.37. The van der Waals surface area contributed by atoms with Gasteiger partial charge in [0.15, 0.2) is 6.10 Å². The van der Waals surface area contributed by atoms with Crippen LogP contribution in [0.2, 0.25) is 0 Å². The monoisotopic (exact) mass is 394 g/mol. The Morgan fingerprint density at radius 2 is 1.69 bits per heavy atom. The Kier molecular flexibility index (Phi) is 6.07. The Morgan fingerprint density at radius 3 is 2.38 bits per heavy atom. The zero-order valence-electron chi connectivity index (χ0n) is 16.3. The summed E-state index contributed by atoms with van der Waals surface area (Å²) in [7, 11) is 0. The molecule has 0 aromatic heterocycles. The van der Waals surface area contributed by atoms with Crippen LogP contribution >= 0.6 is 0 Å². The summed E-state index contributed by atoms with van der Waals surface area (Å²) in [6.07, 6.45) is -0.708. The molecule has 0 unspecified atom stereocenters. The molecule has 0 saturated heterocycles. The van der Waals surface area contributed by atoms with Gasteiger partial charge >= 0.3 is 5.97 Å². The number of Topliss-reactive ketones (excluding diaryl/α,β-unsaturated/α-hetero) is 1. The second-order valence-corrected chi connectivity index (χ2v) is 6.77. The first kappa shape index (κ1) is 20.3. The lowest BCUT2D eigenvalue weighted by molar-refractivity contribution is -0.155. The van der Waals surface area contributed by atoms with E-state index in [9.17, 15) is 19.2 Å². The van der Waals surface area contributed by atoms with Crippen molar-refractivity contribution in [3.63, 3.8) is 0 Å². The predicted octanol–water partition coefficient (Wildman–Crippen LogP) is 2.42. The lowest BCUT2D eigenvalue weighted by atomic mass is 10.1. The predicted molar refractivity (Wildman–Crippen MR) is 106 cm³/mol. The highest BCUT2D eigenvalue weighted by Crippen LogP contribution is 2.28. The van der Waals surface area contributed by atoms with Crippen molar-refractivity contribution in [2.75, 3.05) is 11.4 Å². The van der Waals surface area contributed by atoms with Crippen molar-refractivity contribution in [2.45, 2.75) is 32.4 Å². The molecule has 7 nitrogen and oxygen atoms in total. The number of amides is 2. The van der Waals surface area contributed by atoms with Crippen molar-refractivity contribution in [1.82, 2.24) is 5.32 Å². The number of esters is 1. The number of nitrogens with one attached hydrogen (secondary N) is 1. The number of carbonyl (C=O) groups excluding carboxylic acids is 4. The SMILES string of the molecule is CC[C@@H](OC(=O)CN1C(=O)C(=O)c2ccccc21)C(=O)N[C@H](C)c1ccccc1. The summed E-state index contributed by atoms with van der Waals surface area (Å²) in [4.78, 5) is 50.2. The van der Waals surface area contributed by atoms with Gasteiger partial charge in [0, 0.05) is 0 Å². The number of carbonyl (C=O) groups is 4. The number of fused-ring (bicyclic) bond motifs is 1. The lowest BCUT2D eigenvalue weighted by Gasteiger charge is -2.21. The molecule has 1 aliphatic heterocycles. The molecular formula is C22H22N2O5. The summed E-state index contributed by atoms with van der Waals surface area (Å²) in [5.74, 6) is -2.60. The number of benzene rings is 2. The number of ketones is 1. The molecule has 7 heteroatoms. The summed E-state index contributed by atoms with van der Waals surface area (Å²) in [5, 5.41) is 2.83. The molecule has 0 aliphatic carbocycles. The minimum atomic E-state index is -0.989. The van der Waals surface area contributed by atoms with E-state index in [1.807, 2.05) is 37.3 Å². The molecule has 2 aromatic rings. The largest absolute Gasteiger partial charge is 0.451 e. The highest BCUT2D eigenvalue weighted by atomic mass is 16.5. The Morgan fingerprint density at radius 1 is 1.03 bits per heavy atom. The summed E-state index contributed by atoms with van der Waals surface area (Å²) in [6, 6.07) is 15.6. The van der Waals surface area contributed by atoms with E-state index in [1.165, 1.54) is 6.07 Å². The number of para-hydroxylation sites is 1. The van der Waals surface area contributed by atoms with Gasteiger partial charge in [0.2, 0.25) is 0 Å². The van der Waals surface area contributed by atoms with Crippen LogP contribution in [-0.4, -0.2) is 36.2 Å². The second-order valence-electron chi connectivity index (χ2n) is 6.77. The zero-order chi connectivity index (χ0) is 21.0. The van der Waals surface area contributed by atoms with Crippen molar-refractivity contribution < 1.29 is 23.9 Å². The normalized spacial score (nSPS) is 14.9. The van der Waals surface area contributed by atoms with E-state index < -0.39 is 36.2 Å². The maximum Gasteiger partial charge on any atom is 0.326 e. The number of hydrogen-bond acceptors (Lipinski definition) is 5. The van der Waals surface area contributed by atoms with E-state index >= 15 is 0 Å². The van der Waals surface area contributed by atoms with Gasteiger partial charge in [0.25, 0.3) is 17.6 Å². The number of ether oxygens (including phenoxy) is 1. The highest BCUT2D eigenvalue weighted by molar-refractivity contribution is 6.52. The van der Waals surface area contributed by atoms with Crippen molar-refractivity contribution in [2.24, 2.45) is 0 Å². The van der Waals surface area contributed by atoms with E-state index in [4.69, 9.17) is 4.74 Å². The van der Waals surface area contributed by atoms with E-state index in [0.717, 1.165) is 10.5 Å². The fourth-order valence-electron chi connectivity index (χ4n) is 3.18. The number of hydrogen-bond donors (Lipinski definition) is 1. The molecule has 1 heterocycles. The van der Waals surface area contributed by atoms with Crippen LogP contribution in [0.5, 0.6) is 0 Å². The third-order valence-corrected chi connectivity index (χ3v) is 4.76. The Balaban J connectivity index is 1.62. The van der Waals surface area contributed by atoms with Crippen LogP contribution in [-0.2, 0) is 19.1 Å². The van der Waals surface area contributed by atoms with Crippen molar-refractivity contribution in [3.05, 3.63) is 65.7 Å². The minimum absolute atomic E-state index is 0.249. The molecule has 0 fully saturated rings. The van der Waals surface area contributed by atoms with Crippen LogP contribution < -0.4 is 10.2 Å². The van der Waals surface area contributed by atoms with Gasteiger partial charge in [0.05, 0.1) is 17.3 Å². The smallest absolute Gasteiger partial charge is 0.326 e. The molecular weight excluding hydrogens is 372 g/mol. The van der Waals surface area contributed by atoms with Gasteiger partial charge in [-0.1, -0.05) is 49.4 Å². The molecule has 150 valence electrons. The summed E-state index contributed by atoms with van der Waals surface area (Å²) in [6.45, 7) is 3.14. The first-order valence-corrected chi connectivity index (χ1v) is 9.42. The van der Waals surface area contributed by atoms with Crippen LogP contribution in [0.1, 0.15) is 42.2 Å². The lowest BCUT2D eigenvalue weighted by Crippen LogP contribution is -2.42. The molecule has 3 rings (SSSR count). The molecule has 0 spiro atoms. The van der Waals surface area contributed by atoms with Gasteiger partial charge in [-0.25, -0.2) is 0 Å². The van der Waals surface area contributed by atoms with Crippen LogP contribution in [0.4, 0.5) is 5.69 Å². The summed E-state index contributed by atoms with van der Waals surface area (Å²) < 4.78 is 5.30. The van der Waals surface area contributed by atoms with E-state index in [2.05, 4.69) is 5.32 Å². The first-order chi connectivity index (χ1) is 13.9. The fourth-order valence-corrected chi connectivity index (χ4v) is 3.18. The topological polar surface area (TPSA) is 92.8 Å². The van der Waals surface area contributed by atoms with E-state index in [-0.39, 0.29) is 18.0 Å². The van der Waals surface area contributed by atoms with Gasteiger partial charge < -0.3 is 10.1 Å². The third kappa shape index (κ3) is 4.34. The van der Waals surface area contributed by atoms with Gasteiger partial charge in [-0.2, -0.15) is 0 Å². The second kappa shape index (κ2) is 8.68. The van der Waals surface area contributed by atoms with Crippen LogP contribution in [0.15, 0.2) is 54.6 Å². The quantitative estimate of drug-likeness (QED) is 0.575. The van der Waals surface area contributed by atoms with Gasteiger partial charge in [0.1, 0.15) is 6.54 Å². The zero-order valence-corrected chi connectivity index (χ0v) is 16.3. The number of rotatable bonds is 7. The molecule has 1 N–H and O–H groups in total. The van der Waals surface area contributed by atoms with Gasteiger partial charge in [-0.3, -0.25) is 24.1 Å². The van der Waals surface area contributed by atoms with Gasteiger partial charge in [-0.15, -0.1) is 0 Å². The minimum Gasteiger partial charge on any atom is -0.451 e. The molecule has 2 amide bonds. The molecule has 29 heavy (non-hydrogen) atoms. The van der Waals surface area contributed by atoms with Crippen LogP contribution in [0.3, 0.4) is 0 Å². The standard InChI is InChI=1S/C22H22N2O5/c1-3-18(21(27)23-14(2)15-9-5-4-6-10-15)29-19(25)13-24-17-12-8-7-11-16(17)20(26)22(24)28/h4-12,14,18H,3,13H2,1-2H3,(H,23,27)/t14-,18-/m1/s1. The summed E-state index contributed by atoms with van der Waals surface area (Å²) in [5.41, 5.74) is 1.56. The maximum atomic E-state index is 12.5. The maximum absolute atomic E-state index is 12.5. The van der Waals surface area contributed by atoms with E-state index in [1.54, 1.807) is 25.1 Å². The molecule has 2 atom stereocenters. The summed E-state index contributed by atoms with van der Waals surface area (Å²) >= 11 is 0. The van der Waals surface area contributed by atoms with Crippen molar-refractivity contribution >= 4 is 29.3 Å². The number of anilines is 1. The van der Waals surface area contributed by atoms with Crippen molar-refractivity contribution in [3.8, 4) is 0 Å². The van der Waals surface area contributed by atoms with Crippen LogP contribution in [0, 0.1) is 0 Å².